The number of halogens is 6. The van der Waals surface area contributed by atoms with Gasteiger partial charge in [-0.2, -0.15) is 26.3 Å². The van der Waals surface area contributed by atoms with Crippen LogP contribution in [0.5, 0.6) is 0 Å². The summed E-state index contributed by atoms with van der Waals surface area (Å²) in [6.45, 7) is 5.50. The molecular formula is C14H16F6O. The molecule has 0 aliphatic rings. The van der Waals surface area contributed by atoms with Crippen LogP contribution in [0.2, 0.25) is 0 Å². The lowest BCUT2D eigenvalue weighted by Gasteiger charge is -2.33. The van der Waals surface area contributed by atoms with Gasteiger partial charge >= 0.3 is 12.4 Å². The van der Waals surface area contributed by atoms with Crippen molar-refractivity contribution in [3.8, 4) is 0 Å². The molecule has 120 valence electrons. The van der Waals surface area contributed by atoms with Gasteiger partial charge in [0.05, 0.1) is 0 Å². The third kappa shape index (κ3) is 3.02. The van der Waals surface area contributed by atoms with Crippen molar-refractivity contribution in [1.82, 2.24) is 0 Å². The molecule has 0 bridgehead atoms. The summed E-state index contributed by atoms with van der Waals surface area (Å²) in [5, 5.41) is 9.26. The molecule has 1 aromatic carbocycles. The molecular weight excluding hydrogens is 298 g/mol. The Kier molecular flexibility index (Phi) is 4.40. The van der Waals surface area contributed by atoms with E-state index >= 15 is 0 Å². The molecule has 0 atom stereocenters. The van der Waals surface area contributed by atoms with E-state index in [1.165, 1.54) is 12.1 Å². The fraction of sp³-hybridized carbons (Fsp3) is 0.571. The first-order chi connectivity index (χ1) is 9.27. The second-order valence-corrected chi connectivity index (χ2v) is 5.52. The van der Waals surface area contributed by atoms with Gasteiger partial charge in [0.2, 0.25) is 0 Å². The maximum atomic E-state index is 12.7. The first-order valence-electron chi connectivity index (χ1n) is 6.24. The highest BCUT2D eigenvalue weighted by molar-refractivity contribution is 5.33. The molecule has 0 heterocycles. The maximum Gasteiger partial charge on any atom is 0.430 e. The maximum absolute atomic E-state index is 12.7. The highest BCUT2D eigenvalue weighted by Crippen LogP contribution is 2.50. The monoisotopic (exact) mass is 314 g/mol. The van der Waals surface area contributed by atoms with Crippen molar-refractivity contribution < 1.29 is 31.4 Å². The summed E-state index contributed by atoms with van der Waals surface area (Å²) in [5.74, 6) is 0. The van der Waals surface area contributed by atoms with Crippen LogP contribution in [0.15, 0.2) is 24.3 Å². The topological polar surface area (TPSA) is 20.2 Å². The van der Waals surface area contributed by atoms with Gasteiger partial charge in [-0.3, -0.25) is 0 Å². The van der Waals surface area contributed by atoms with E-state index in [1.807, 2.05) is 20.8 Å². The number of hydrogen-bond donors (Lipinski definition) is 1. The molecule has 1 aromatic rings. The SMILES string of the molecule is CCC(C)(C)c1ccc(C(O)(C(F)(F)F)C(F)(F)F)cc1. The van der Waals surface area contributed by atoms with E-state index in [1.54, 1.807) is 0 Å². The molecule has 21 heavy (non-hydrogen) atoms. The molecule has 0 unspecified atom stereocenters. The quantitative estimate of drug-likeness (QED) is 0.803. The van der Waals surface area contributed by atoms with Crippen molar-refractivity contribution in [3.63, 3.8) is 0 Å². The largest absolute Gasteiger partial charge is 0.430 e. The lowest BCUT2D eigenvalue weighted by Crippen LogP contribution is -2.53. The van der Waals surface area contributed by atoms with Crippen LogP contribution in [0, 0.1) is 0 Å². The van der Waals surface area contributed by atoms with Gasteiger partial charge in [-0.15, -0.1) is 0 Å². The number of benzene rings is 1. The van der Waals surface area contributed by atoms with Gasteiger partial charge in [0, 0.05) is 5.56 Å². The Morgan fingerprint density at radius 1 is 0.810 bits per heavy atom. The Bertz CT molecular complexity index is 470. The lowest BCUT2D eigenvalue weighted by molar-refractivity contribution is -0.376. The Morgan fingerprint density at radius 2 is 1.14 bits per heavy atom. The first-order valence-corrected chi connectivity index (χ1v) is 6.24. The molecule has 0 amide bonds. The molecule has 0 saturated carbocycles. The minimum Gasteiger partial charge on any atom is -0.369 e. The van der Waals surface area contributed by atoms with Gasteiger partial charge in [-0.1, -0.05) is 45.0 Å². The molecule has 1 rings (SSSR count). The van der Waals surface area contributed by atoms with Gasteiger partial charge in [0.15, 0.2) is 0 Å². The van der Waals surface area contributed by atoms with E-state index < -0.39 is 23.5 Å². The number of hydrogen-bond acceptors (Lipinski definition) is 1. The second-order valence-electron chi connectivity index (χ2n) is 5.52. The fourth-order valence-electron chi connectivity index (χ4n) is 1.85. The van der Waals surface area contributed by atoms with Gasteiger partial charge in [-0.05, 0) is 17.4 Å². The van der Waals surface area contributed by atoms with Crippen molar-refractivity contribution in [1.29, 1.82) is 0 Å². The Morgan fingerprint density at radius 3 is 1.43 bits per heavy atom. The van der Waals surface area contributed by atoms with Gasteiger partial charge < -0.3 is 5.11 Å². The molecule has 1 N–H and O–H groups in total. The average Bonchev–Trinajstić information content (AvgIpc) is 2.35. The predicted molar refractivity (Wildman–Crippen MR) is 65.8 cm³/mol. The van der Waals surface area contributed by atoms with Crippen LogP contribution < -0.4 is 0 Å². The molecule has 1 nitrogen and oxygen atoms in total. The normalized spacial score (nSPS) is 14.4. The molecule has 0 saturated heterocycles. The highest BCUT2D eigenvalue weighted by atomic mass is 19.4. The fourth-order valence-corrected chi connectivity index (χ4v) is 1.85. The van der Waals surface area contributed by atoms with Crippen LogP contribution in [0.1, 0.15) is 38.3 Å². The zero-order valence-electron chi connectivity index (χ0n) is 11.7. The predicted octanol–water partition coefficient (Wildman–Crippen LogP) is 4.69. The van der Waals surface area contributed by atoms with Crippen LogP contribution in [-0.2, 0) is 11.0 Å². The minimum absolute atomic E-state index is 0.382. The van der Waals surface area contributed by atoms with Crippen molar-refractivity contribution in [3.05, 3.63) is 35.4 Å². The zero-order valence-corrected chi connectivity index (χ0v) is 11.7. The van der Waals surface area contributed by atoms with E-state index in [4.69, 9.17) is 0 Å². The minimum atomic E-state index is -5.85. The number of alkyl halides is 6. The molecule has 0 spiro atoms. The van der Waals surface area contributed by atoms with Crippen LogP contribution >= 0.6 is 0 Å². The highest BCUT2D eigenvalue weighted by Gasteiger charge is 2.71. The van der Waals surface area contributed by atoms with E-state index in [-0.39, 0.29) is 5.41 Å². The summed E-state index contributed by atoms with van der Waals surface area (Å²) in [5.41, 5.74) is -5.89. The van der Waals surface area contributed by atoms with Crippen molar-refractivity contribution in [2.75, 3.05) is 0 Å². The molecule has 0 aromatic heterocycles. The van der Waals surface area contributed by atoms with E-state index in [9.17, 15) is 31.4 Å². The first kappa shape index (κ1) is 17.8. The van der Waals surface area contributed by atoms with Gasteiger partial charge in [0.1, 0.15) is 0 Å². The van der Waals surface area contributed by atoms with Gasteiger partial charge in [0.25, 0.3) is 5.60 Å². The number of aliphatic hydroxyl groups is 1. The Balaban J connectivity index is 3.37. The average molecular weight is 314 g/mol. The van der Waals surface area contributed by atoms with Crippen LogP contribution in [0.25, 0.3) is 0 Å². The van der Waals surface area contributed by atoms with E-state index in [0.717, 1.165) is 0 Å². The molecule has 0 fully saturated rings. The summed E-state index contributed by atoms with van der Waals surface area (Å²) >= 11 is 0. The Labute approximate surface area is 118 Å². The molecule has 0 radical (unpaired) electrons. The summed E-state index contributed by atoms with van der Waals surface area (Å²) in [6, 6.07) is 3.71. The third-order valence-electron chi connectivity index (χ3n) is 3.79. The summed E-state index contributed by atoms with van der Waals surface area (Å²) < 4.78 is 76.3. The lowest BCUT2D eigenvalue weighted by atomic mass is 9.81. The second kappa shape index (κ2) is 5.19. The van der Waals surface area contributed by atoms with E-state index in [2.05, 4.69) is 0 Å². The molecule has 0 aliphatic heterocycles. The van der Waals surface area contributed by atoms with Crippen LogP contribution in [-0.4, -0.2) is 17.5 Å². The summed E-state index contributed by atoms with van der Waals surface area (Å²) in [4.78, 5) is 0. The molecule has 0 aliphatic carbocycles. The third-order valence-corrected chi connectivity index (χ3v) is 3.79. The van der Waals surface area contributed by atoms with E-state index in [0.29, 0.717) is 24.1 Å². The van der Waals surface area contributed by atoms with Crippen LogP contribution in [0.3, 0.4) is 0 Å². The standard InChI is InChI=1S/C14H16F6O/c1-4-11(2,3)9-5-7-10(8-6-9)12(21,13(15,16)17)14(18,19)20/h5-8,21H,4H2,1-3H3. The summed E-state index contributed by atoms with van der Waals surface area (Å²) in [7, 11) is 0. The summed E-state index contributed by atoms with van der Waals surface area (Å²) in [6.07, 6.45) is -11.0. The molecule has 7 heteroatoms. The smallest absolute Gasteiger partial charge is 0.369 e. The zero-order chi connectivity index (χ0) is 16.7. The van der Waals surface area contributed by atoms with Crippen LogP contribution in [0.4, 0.5) is 26.3 Å². The number of rotatable bonds is 3. The van der Waals surface area contributed by atoms with Crippen molar-refractivity contribution in [2.45, 2.75) is 50.6 Å². The van der Waals surface area contributed by atoms with Crippen molar-refractivity contribution in [2.24, 2.45) is 0 Å². The van der Waals surface area contributed by atoms with Gasteiger partial charge in [-0.25, -0.2) is 0 Å². The van der Waals surface area contributed by atoms with Crippen molar-refractivity contribution >= 4 is 0 Å². The Hall–Kier alpha value is -1.24.